The number of nitriles is 1. The van der Waals surface area contributed by atoms with Crippen molar-refractivity contribution in [3.05, 3.63) is 41.5 Å². The molecule has 104 valence electrons. The molecule has 0 saturated carbocycles. The third kappa shape index (κ3) is 2.78. The van der Waals surface area contributed by atoms with Gasteiger partial charge in [-0.1, -0.05) is 6.07 Å². The SMILES string of the molecule is CNCc1ccc(-n2cnc(C#N)n2)cc1C(F)(F)F. The first kappa shape index (κ1) is 14.0. The van der Waals surface area contributed by atoms with E-state index in [9.17, 15) is 13.2 Å². The van der Waals surface area contributed by atoms with Crippen LogP contribution in [-0.4, -0.2) is 21.8 Å². The Balaban J connectivity index is 2.49. The van der Waals surface area contributed by atoms with E-state index in [1.54, 1.807) is 13.1 Å². The minimum Gasteiger partial charge on any atom is -0.316 e. The molecule has 5 nitrogen and oxygen atoms in total. The van der Waals surface area contributed by atoms with Crippen LogP contribution < -0.4 is 5.32 Å². The molecule has 0 aliphatic carbocycles. The molecule has 0 bridgehead atoms. The van der Waals surface area contributed by atoms with Crippen molar-refractivity contribution < 1.29 is 13.2 Å². The van der Waals surface area contributed by atoms with Gasteiger partial charge in [0.05, 0.1) is 11.3 Å². The summed E-state index contributed by atoms with van der Waals surface area (Å²) in [7, 11) is 1.57. The lowest BCUT2D eigenvalue weighted by Gasteiger charge is -2.14. The van der Waals surface area contributed by atoms with Crippen molar-refractivity contribution in [1.29, 1.82) is 5.26 Å². The summed E-state index contributed by atoms with van der Waals surface area (Å²) in [6, 6.07) is 5.58. The van der Waals surface area contributed by atoms with Crippen molar-refractivity contribution in [2.75, 3.05) is 7.05 Å². The van der Waals surface area contributed by atoms with Crippen LogP contribution in [0.2, 0.25) is 0 Å². The average Bonchev–Trinajstić information content (AvgIpc) is 2.87. The molecular formula is C12H10F3N5. The molecule has 0 saturated heterocycles. The normalized spacial score (nSPS) is 11.3. The summed E-state index contributed by atoms with van der Waals surface area (Å²) in [5, 5.41) is 15.1. The van der Waals surface area contributed by atoms with Crippen molar-refractivity contribution >= 4 is 0 Å². The lowest BCUT2D eigenvalue weighted by Crippen LogP contribution is -2.15. The zero-order chi connectivity index (χ0) is 14.8. The highest BCUT2D eigenvalue weighted by atomic mass is 19.4. The lowest BCUT2D eigenvalue weighted by molar-refractivity contribution is -0.138. The van der Waals surface area contributed by atoms with E-state index in [1.165, 1.54) is 18.5 Å². The van der Waals surface area contributed by atoms with E-state index < -0.39 is 11.7 Å². The largest absolute Gasteiger partial charge is 0.416 e. The van der Waals surface area contributed by atoms with Gasteiger partial charge in [-0.2, -0.15) is 18.4 Å². The van der Waals surface area contributed by atoms with Gasteiger partial charge < -0.3 is 5.32 Å². The van der Waals surface area contributed by atoms with Crippen molar-refractivity contribution in [3.63, 3.8) is 0 Å². The van der Waals surface area contributed by atoms with Gasteiger partial charge in [-0.25, -0.2) is 9.67 Å². The van der Waals surface area contributed by atoms with Gasteiger partial charge in [0.15, 0.2) is 0 Å². The fourth-order valence-corrected chi connectivity index (χ4v) is 1.75. The number of benzene rings is 1. The van der Waals surface area contributed by atoms with Gasteiger partial charge >= 0.3 is 6.18 Å². The van der Waals surface area contributed by atoms with Gasteiger partial charge in [0.1, 0.15) is 12.4 Å². The van der Waals surface area contributed by atoms with Crippen molar-refractivity contribution in [1.82, 2.24) is 20.1 Å². The van der Waals surface area contributed by atoms with E-state index in [2.05, 4.69) is 15.4 Å². The monoisotopic (exact) mass is 281 g/mol. The predicted octanol–water partition coefficient (Wildman–Crippen LogP) is 1.88. The number of nitrogens with zero attached hydrogens (tertiary/aromatic N) is 4. The van der Waals surface area contributed by atoms with Crippen LogP contribution in [0.4, 0.5) is 13.2 Å². The number of nitrogens with one attached hydrogen (secondary N) is 1. The molecule has 2 rings (SSSR count). The summed E-state index contributed by atoms with van der Waals surface area (Å²) >= 11 is 0. The summed E-state index contributed by atoms with van der Waals surface area (Å²) in [5.74, 6) is -0.0992. The molecule has 2 aromatic rings. The van der Waals surface area contributed by atoms with E-state index >= 15 is 0 Å². The highest BCUT2D eigenvalue weighted by Crippen LogP contribution is 2.33. The maximum Gasteiger partial charge on any atom is 0.416 e. The van der Waals surface area contributed by atoms with Crippen LogP contribution in [0.25, 0.3) is 5.69 Å². The Morgan fingerprint density at radius 2 is 2.15 bits per heavy atom. The highest BCUT2D eigenvalue weighted by molar-refractivity contribution is 5.41. The molecule has 1 aromatic heterocycles. The van der Waals surface area contributed by atoms with E-state index in [4.69, 9.17) is 5.26 Å². The van der Waals surface area contributed by atoms with Gasteiger partial charge in [-0.05, 0) is 24.7 Å². The van der Waals surface area contributed by atoms with E-state index in [0.717, 1.165) is 10.7 Å². The molecule has 20 heavy (non-hydrogen) atoms. The van der Waals surface area contributed by atoms with Crippen LogP contribution in [0.3, 0.4) is 0 Å². The number of hydrogen-bond donors (Lipinski definition) is 1. The second-order valence-electron chi connectivity index (χ2n) is 3.99. The number of hydrogen-bond acceptors (Lipinski definition) is 4. The van der Waals surface area contributed by atoms with Crippen LogP contribution in [0.5, 0.6) is 0 Å². The molecule has 0 atom stereocenters. The maximum absolute atomic E-state index is 13.0. The molecule has 1 N–H and O–H groups in total. The Hall–Kier alpha value is -2.40. The number of alkyl halides is 3. The zero-order valence-electron chi connectivity index (χ0n) is 10.4. The van der Waals surface area contributed by atoms with Gasteiger partial charge in [0.2, 0.25) is 0 Å². The molecule has 0 spiro atoms. The van der Waals surface area contributed by atoms with Crippen LogP contribution in [-0.2, 0) is 12.7 Å². The maximum atomic E-state index is 13.0. The number of rotatable bonds is 3. The molecule has 8 heteroatoms. The van der Waals surface area contributed by atoms with E-state index in [-0.39, 0.29) is 23.6 Å². The Morgan fingerprint density at radius 1 is 1.40 bits per heavy atom. The van der Waals surface area contributed by atoms with Crippen LogP contribution in [0, 0.1) is 11.3 Å². The predicted molar refractivity (Wildman–Crippen MR) is 63.8 cm³/mol. The Morgan fingerprint density at radius 3 is 2.70 bits per heavy atom. The van der Waals surface area contributed by atoms with E-state index in [0.29, 0.717) is 0 Å². The van der Waals surface area contributed by atoms with Crippen LogP contribution in [0.15, 0.2) is 24.5 Å². The summed E-state index contributed by atoms with van der Waals surface area (Å²) in [4.78, 5) is 3.66. The highest BCUT2D eigenvalue weighted by Gasteiger charge is 2.33. The third-order valence-electron chi connectivity index (χ3n) is 2.62. The molecule has 0 fully saturated rings. The Kier molecular flexibility index (Phi) is 3.72. The zero-order valence-corrected chi connectivity index (χ0v) is 10.4. The molecule has 0 aliphatic heterocycles. The quantitative estimate of drug-likeness (QED) is 0.932. The topological polar surface area (TPSA) is 66.5 Å². The van der Waals surface area contributed by atoms with E-state index in [1.807, 2.05) is 0 Å². The summed E-state index contributed by atoms with van der Waals surface area (Å²) in [5.41, 5.74) is -0.395. The molecule has 0 unspecified atom stereocenters. The molecule has 1 aromatic carbocycles. The van der Waals surface area contributed by atoms with Crippen LogP contribution >= 0.6 is 0 Å². The Labute approximate surface area is 112 Å². The van der Waals surface area contributed by atoms with Gasteiger partial charge in [0, 0.05) is 6.54 Å². The molecule has 0 aliphatic rings. The first-order valence-corrected chi connectivity index (χ1v) is 5.62. The smallest absolute Gasteiger partial charge is 0.316 e. The summed E-state index contributed by atoms with van der Waals surface area (Å²) < 4.78 is 40.2. The van der Waals surface area contributed by atoms with Gasteiger partial charge in [-0.15, -0.1) is 5.10 Å². The van der Waals surface area contributed by atoms with Crippen LogP contribution in [0.1, 0.15) is 17.0 Å². The minimum absolute atomic E-state index is 0.0992. The molecule has 0 radical (unpaired) electrons. The lowest BCUT2D eigenvalue weighted by atomic mass is 10.1. The molecule has 1 heterocycles. The van der Waals surface area contributed by atoms with Gasteiger partial charge in [0.25, 0.3) is 5.82 Å². The first-order chi connectivity index (χ1) is 9.45. The van der Waals surface area contributed by atoms with Crippen molar-refractivity contribution in [3.8, 4) is 11.8 Å². The summed E-state index contributed by atoms with van der Waals surface area (Å²) in [6.45, 7) is 0.107. The number of halogens is 3. The second-order valence-corrected chi connectivity index (χ2v) is 3.99. The van der Waals surface area contributed by atoms with Crippen molar-refractivity contribution in [2.45, 2.75) is 12.7 Å². The minimum atomic E-state index is -4.46. The number of aromatic nitrogens is 3. The second kappa shape index (κ2) is 5.30. The molecule has 0 amide bonds. The van der Waals surface area contributed by atoms with Crippen molar-refractivity contribution in [2.24, 2.45) is 0 Å². The van der Waals surface area contributed by atoms with Gasteiger partial charge in [-0.3, -0.25) is 0 Å². The standard InChI is InChI=1S/C12H10F3N5/c1-17-6-8-2-3-9(4-10(8)12(13,14)15)20-7-18-11(5-16)19-20/h2-4,7,17H,6H2,1H3. The Bertz CT molecular complexity index is 654. The molecular weight excluding hydrogens is 271 g/mol. The average molecular weight is 281 g/mol. The third-order valence-corrected chi connectivity index (χ3v) is 2.62. The fourth-order valence-electron chi connectivity index (χ4n) is 1.75. The first-order valence-electron chi connectivity index (χ1n) is 5.62. The fraction of sp³-hybridized carbons (Fsp3) is 0.250. The summed E-state index contributed by atoms with van der Waals surface area (Å²) in [6.07, 6.45) is -3.26.